The van der Waals surface area contributed by atoms with Crippen LogP contribution in [0.4, 0.5) is 0 Å². The number of ether oxygens (including phenoxy) is 2. The van der Waals surface area contributed by atoms with Crippen molar-refractivity contribution in [2.24, 2.45) is 35.5 Å². The van der Waals surface area contributed by atoms with Crippen LogP contribution >= 0.6 is 0 Å². The van der Waals surface area contributed by atoms with Crippen molar-refractivity contribution in [2.45, 2.75) is 157 Å². The predicted molar refractivity (Wildman–Crippen MR) is 237 cm³/mol. The fourth-order valence-corrected chi connectivity index (χ4v) is 8.99. The molecule has 2 rings (SSSR count). The second-order valence-electron chi connectivity index (χ2n) is 18.3. The third kappa shape index (κ3) is 14.5. The number of rotatable bonds is 25. The Labute approximate surface area is 366 Å². The van der Waals surface area contributed by atoms with Gasteiger partial charge in [-0.1, -0.05) is 106 Å². The van der Waals surface area contributed by atoms with Crippen LogP contribution in [0, 0.1) is 35.5 Å². The molecule has 61 heavy (non-hydrogen) atoms. The summed E-state index contributed by atoms with van der Waals surface area (Å²) in [6.07, 6.45) is 1.98. The van der Waals surface area contributed by atoms with Crippen LogP contribution in [-0.2, 0) is 44.7 Å². The highest BCUT2D eigenvalue weighted by molar-refractivity contribution is 5.93. The molecule has 1 fully saturated rings. The van der Waals surface area contributed by atoms with Gasteiger partial charge in [-0.05, 0) is 54.9 Å². The topological polar surface area (TPSA) is 175 Å². The number of hydrogen-bond donors (Lipinski definition) is 3. The van der Waals surface area contributed by atoms with Crippen LogP contribution in [0.5, 0.6) is 0 Å². The van der Waals surface area contributed by atoms with E-state index in [0.29, 0.717) is 38.1 Å². The lowest BCUT2D eigenvalue weighted by Gasteiger charge is -2.41. The molecule has 10 atom stereocenters. The van der Waals surface area contributed by atoms with Gasteiger partial charge in [-0.15, -0.1) is 0 Å². The van der Waals surface area contributed by atoms with Gasteiger partial charge in [-0.25, -0.2) is 4.79 Å². The highest BCUT2D eigenvalue weighted by Crippen LogP contribution is 2.30. The highest BCUT2D eigenvalue weighted by atomic mass is 16.5. The molecule has 3 N–H and O–H groups in total. The fourth-order valence-electron chi connectivity index (χ4n) is 8.99. The summed E-state index contributed by atoms with van der Waals surface area (Å²) in [7, 11) is 6.37. The molecule has 1 aromatic carbocycles. The minimum atomic E-state index is -1.15. The first-order valence-corrected chi connectivity index (χ1v) is 22.4. The van der Waals surface area contributed by atoms with Crippen molar-refractivity contribution in [3.63, 3.8) is 0 Å². The van der Waals surface area contributed by atoms with Crippen molar-refractivity contribution in [2.75, 3.05) is 34.9 Å². The van der Waals surface area contributed by atoms with E-state index in [4.69, 9.17) is 9.47 Å². The van der Waals surface area contributed by atoms with Crippen LogP contribution in [0.15, 0.2) is 30.3 Å². The van der Waals surface area contributed by atoms with Gasteiger partial charge in [0.1, 0.15) is 18.1 Å². The van der Waals surface area contributed by atoms with Crippen LogP contribution < -0.4 is 10.6 Å². The molecular formula is C47H79N5O9. The molecule has 1 saturated heterocycles. The molecule has 0 spiro atoms. The van der Waals surface area contributed by atoms with Crippen molar-refractivity contribution < 1.29 is 43.3 Å². The van der Waals surface area contributed by atoms with E-state index in [0.717, 1.165) is 12.0 Å². The highest BCUT2D eigenvalue weighted by Gasteiger charge is 2.44. The van der Waals surface area contributed by atoms with Gasteiger partial charge in [0.05, 0.1) is 36.6 Å². The van der Waals surface area contributed by atoms with Gasteiger partial charge < -0.3 is 39.9 Å². The van der Waals surface area contributed by atoms with E-state index >= 15 is 0 Å². The zero-order valence-corrected chi connectivity index (χ0v) is 39.6. The number of aliphatic carboxylic acids is 1. The smallest absolute Gasteiger partial charge is 0.326 e. The summed E-state index contributed by atoms with van der Waals surface area (Å²) in [6.45, 7) is 19.8. The molecular weight excluding hydrogens is 779 g/mol. The Bertz CT molecular complexity index is 1570. The number of nitrogens with zero attached hydrogens (tertiary/aromatic N) is 3. The minimum absolute atomic E-state index is 0.0508. The largest absolute Gasteiger partial charge is 0.480 e. The third-order valence-corrected chi connectivity index (χ3v) is 12.6. The first-order valence-electron chi connectivity index (χ1n) is 22.4. The summed E-state index contributed by atoms with van der Waals surface area (Å²) in [4.78, 5) is 87.2. The van der Waals surface area contributed by atoms with Crippen LogP contribution in [-0.4, -0.2) is 133 Å². The number of hydrogen-bond acceptors (Lipinski definition) is 8. The van der Waals surface area contributed by atoms with E-state index in [2.05, 4.69) is 24.5 Å². The van der Waals surface area contributed by atoms with Crippen LogP contribution in [0.1, 0.15) is 113 Å². The summed E-state index contributed by atoms with van der Waals surface area (Å²) in [5.41, 5.74) is 0.775. The van der Waals surface area contributed by atoms with Crippen LogP contribution in [0.2, 0.25) is 0 Å². The second kappa shape index (κ2) is 25.2. The van der Waals surface area contributed by atoms with E-state index in [1.54, 1.807) is 35.7 Å². The van der Waals surface area contributed by atoms with E-state index in [9.17, 15) is 33.9 Å². The molecule has 1 aliphatic rings. The third-order valence-electron chi connectivity index (χ3n) is 12.6. The van der Waals surface area contributed by atoms with Crippen molar-refractivity contribution in [3.8, 4) is 0 Å². The molecule has 0 saturated carbocycles. The first kappa shape index (κ1) is 53.1. The van der Waals surface area contributed by atoms with Gasteiger partial charge in [-0.3, -0.25) is 24.0 Å². The quantitative estimate of drug-likeness (QED) is 0.116. The Morgan fingerprint density at radius 1 is 0.820 bits per heavy atom. The van der Waals surface area contributed by atoms with Gasteiger partial charge in [0.25, 0.3) is 0 Å². The van der Waals surface area contributed by atoms with Crippen molar-refractivity contribution in [1.82, 2.24) is 25.3 Å². The SMILES string of the molecule is CC[C@@H](CC(C)C)C(=O)N(C)[C@H](C(=O)N[C@H](C(=O)N(C)[C@@H]([C@@H](C)CC)[C@@H](CC(=O)N1CCC[C@H]1[C@H](OC)[C@@H](C)C(=O)N[C@@H](Cc1ccccc1)C(=O)O)OC)C(C)C)C(C)C. The molecule has 0 aromatic heterocycles. The molecule has 0 bridgehead atoms. The molecule has 0 unspecified atom stereocenters. The van der Waals surface area contributed by atoms with Gasteiger partial charge in [-0.2, -0.15) is 0 Å². The average molecular weight is 858 g/mol. The molecule has 1 aromatic rings. The van der Waals surface area contributed by atoms with Gasteiger partial charge >= 0.3 is 5.97 Å². The summed E-state index contributed by atoms with van der Waals surface area (Å²) >= 11 is 0. The Balaban J connectivity index is 2.31. The monoisotopic (exact) mass is 858 g/mol. The molecule has 346 valence electrons. The van der Waals surface area contributed by atoms with E-state index in [1.165, 1.54) is 14.2 Å². The van der Waals surface area contributed by atoms with Gasteiger partial charge in [0, 0.05) is 47.2 Å². The van der Waals surface area contributed by atoms with Crippen LogP contribution in [0.3, 0.4) is 0 Å². The number of carboxylic acid groups (broad SMARTS) is 1. The zero-order chi connectivity index (χ0) is 46.3. The van der Waals surface area contributed by atoms with Crippen molar-refractivity contribution in [3.05, 3.63) is 35.9 Å². The van der Waals surface area contributed by atoms with E-state index in [-0.39, 0.29) is 54.2 Å². The number of likely N-dealkylation sites (tertiary alicyclic amines) is 1. The molecule has 0 radical (unpaired) electrons. The van der Waals surface area contributed by atoms with Gasteiger partial charge in [0.2, 0.25) is 29.5 Å². The van der Waals surface area contributed by atoms with Crippen molar-refractivity contribution >= 4 is 35.5 Å². The number of likely N-dealkylation sites (N-methyl/N-ethyl adjacent to an activating group) is 2. The molecule has 14 nitrogen and oxygen atoms in total. The predicted octanol–water partition coefficient (Wildman–Crippen LogP) is 5.41. The number of amides is 5. The molecule has 1 aliphatic heterocycles. The summed E-state index contributed by atoms with van der Waals surface area (Å²) < 4.78 is 11.9. The lowest BCUT2D eigenvalue weighted by atomic mass is 9.89. The summed E-state index contributed by atoms with van der Waals surface area (Å²) in [5, 5.41) is 15.6. The number of carbonyl (C=O) groups is 6. The second-order valence-corrected chi connectivity index (χ2v) is 18.3. The minimum Gasteiger partial charge on any atom is -0.480 e. The Morgan fingerprint density at radius 3 is 1.93 bits per heavy atom. The lowest BCUT2D eigenvalue weighted by molar-refractivity contribution is -0.149. The molecule has 1 heterocycles. The number of methoxy groups -OCH3 is 2. The summed E-state index contributed by atoms with van der Waals surface area (Å²) in [6, 6.07) is 5.24. The van der Waals surface area contributed by atoms with E-state index in [1.807, 2.05) is 78.8 Å². The van der Waals surface area contributed by atoms with E-state index < -0.39 is 66.1 Å². The Hall–Kier alpha value is -4.04. The molecule has 5 amide bonds. The van der Waals surface area contributed by atoms with Gasteiger partial charge in [0.15, 0.2) is 0 Å². The number of carbonyl (C=O) groups excluding carboxylic acids is 5. The Kier molecular flexibility index (Phi) is 21.9. The number of carboxylic acids is 1. The zero-order valence-electron chi connectivity index (χ0n) is 39.6. The maximum atomic E-state index is 14.5. The van der Waals surface area contributed by atoms with Crippen LogP contribution in [0.25, 0.3) is 0 Å². The standard InChI is InChI=1S/C47H79N5O9/c1-15-31(9)41(51(12)46(57)39(29(5)6)49-44(55)40(30(7)8)50(11)45(56)34(16-2)25-28(3)4)37(60-13)27-38(53)52-24-20-23-36(52)42(61-14)32(10)43(54)48-35(47(58)59)26-33-21-18-17-19-22-33/h17-19,21-22,28-32,34-37,39-42H,15-16,20,23-27H2,1-14H3,(H,48,54)(H,49,55)(H,58,59)/t31-,32+,34-,35-,36-,37+,39-,40-,41-,42+/m0/s1. The number of nitrogens with one attached hydrogen (secondary N) is 2. The molecule has 14 heteroatoms. The molecule has 0 aliphatic carbocycles. The summed E-state index contributed by atoms with van der Waals surface area (Å²) in [5.74, 6) is -3.92. The Morgan fingerprint density at radius 2 is 1.44 bits per heavy atom. The lowest BCUT2D eigenvalue weighted by Crippen LogP contribution is -2.60. The average Bonchev–Trinajstić information content (AvgIpc) is 3.70. The number of benzene rings is 1. The maximum absolute atomic E-state index is 14.5. The fraction of sp³-hybridized carbons (Fsp3) is 0.745. The maximum Gasteiger partial charge on any atom is 0.326 e. The van der Waals surface area contributed by atoms with Crippen molar-refractivity contribution in [1.29, 1.82) is 0 Å². The first-order chi connectivity index (χ1) is 28.7. The normalized spacial score (nSPS) is 18.7.